The molecule has 4 aromatic rings. The van der Waals surface area contributed by atoms with Crippen LogP contribution in [0.2, 0.25) is 0 Å². The Morgan fingerprint density at radius 3 is 2.35 bits per heavy atom. The normalized spacial score (nSPS) is 11.6. The average Bonchev–Trinajstić information content (AvgIpc) is 3.17. The van der Waals surface area contributed by atoms with Crippen LogP contribution in [0.5, 0.6) is 0 Å². The van der Waals surface area contributed by atoms with Gasteiger partial charge in [0.1, 0.15) is 0 Å². The van der Waals surface area contributed by atoms with E-state index in [4.69, 9.17) is 0 Å². The summed E-state index contributed by atoms with van der Waals surface area (Å²) in [4.78, 5) is 18.5. The molecule has 0 saturated heterocycles. The summed E-state index contributed by atoms with van der Waals surface area (Å²) in [5, 5.41) is 3.93. The van der Waals surface area contributed by atoms with Crippen LogP contribution in [0.15, 0.2) is 66.7 Å². The van der Waals surface area contributed by atoms with E-state index in [1.54, 1.807) is 31.3 Å². The Kier molecular flexibility index (Phi) is 5.22. The topological polar surface area (TPSA) is 50.5 Å². The molecule has 0 bridgehead atoms. The number of halogens is 3. The number of nitrogens with zero attached hydrogens (tertiary/aromatic N) is 4. The fourth-order valence-electron chi connectivity index (χ4n) is 3.28. The molecule has 5 nitrogen and oxygen atoms in total. The van der Waals surface area contributed by atoms with Crippen LogP contribution in [0.25, 0.3) is 16.9 Å². The van der Waals surface area contributed by atoms with Gasteiger partial charge in [-0.25, -0.2) is 9.50 Å². The van der Waals surface area contributed by atoms with Crippen LogP contribution in [0, 0.1) is 6.92 Å². The van der Waals surface area contributed by atoms with Crippen molar-refractivity contribution in [2.24, 2.45) is 0 Å². The summed E-state index contributed by atoms with van der Waals surface area (Å²) < 4.78 is 41.9. The molecule has 2 aromatic carbocycles. The monoisotopic (exact) mass is 424 g/mol. The molecule has 0 aliphatic rings. The molecule has 0 aliphatic heterocycles. The van der Waals surface area contributed by atoms with Crippen LogP contribution in [-0.4, -0.2) is 32.5 Å². The molecule has 158 valence electrons. The van der Waals surface area contributed by atoms with Crippen LogP contribution < -0.4 is 0 Å². The third-order valence-electron chi connectivity index (χ3n) is 4.89. The number of aromatic nitrogens is 3. The largest absolute Gasteiger partial charge is 0.433 e. The Hall–Kier alpha value is -3.68. The Morgan fingerprint density at radius 1 is 1.03 bits per heavy atom. The van der Waals surface area contributed by atoms with Crippen LogP contribution in [0.1, 0.15) is 27.3 Å². The number of carbonyl (C=O) groups excluding carboxylic acids is 1. The minimum Gasteiger partial charge on any atom is -0.336 e. The van der Waals surface area contributed by atoms with Gasteiger partial charge in [0.05, 0.1) is 5.69 Å². The zero-order chi connectivity index (χ0) is 22.2. The van der Waals surface area contributed by atoms with E-state index in [0.717, 1.165) is 17.2 Å². The van der Waals surface area contributed by atoms with Gasteiger partial charge in [-0.1, -0.05) is 60.2 Å². The van der Waals surface area contributed by atoms with Crippen molar-refractivity contribution in [1.82, 2.24) is 19.5 Å². The van der Waals surface area contributed by atoms with Crippen LogP contribution >= 0.6 is 0 Å². The maximum Gasteiger partial charge on any atom is 0.433 e. The van der Waals surface area contributed by atoms with Gasteiger partial charge in [0.25, 0.3) is 5.91 Å². The lowest BCUT2D eigenvalue weighted by Crippen LogP contribution is -2.26. The van der Waals surface area contributed by atoms with E-state index in [2.05, 4.69) is 10.1 Å². The maximum absolute atomic E-state index is 13.8. The Morgan fingerprint density at radius 2 is 1.71 bits per heavy atom. The third kappa shape index (κ3) is 4.28. The summed E-state index contributed by atoms with van der Waals surface area (Å²) in [6, 6.07) is 18.6. The van der Waals surface area contributed by atoms with Gasteiger partial charge in [0, 0.05) is 25.2 Å². The van der Waals surface area contributed by atoms with Gasteiger partial charge in [0.2, 0.25) is 0 Å². The summed E-state index contributed by atoms with van der Waals surface area (Å²) in [6.07, 6.45) is -4.66. The molecular formula is C23H19F3N4O. The van der Waals surface area contributed by atoms with E-state index in [-0.39, 0.29) is 17.0 Å². The first-order chi connectivity index (χ1) is 14.7. The van der Waals surface area contributed by atoms with Crippen molar-refractivity contribution in [3.63, 3.8) is 0 Å². The standard InChI is InChI=1S/C23H19F3N4O/c1-15-8-10-17(11-9-15)18-12-20(23(24,25)26)30-21(27-18)13-19(28-30)22(31)29(2)14-16-6-4-3-5-7-16/h3-13H,14H2,1-2H3. The van der Waals surface area contributed by atoms with Crippen LogP contribution in [0.3, 0.4) is 0 Å². The lowest BCUT2D eigenvalue weighted by molar-refractivity contribution is -0.142. The fourth-order valence-corrected chi connectivity index (χ4v) is 3.28. The number of benzene rings is 2. The van der Waals surface area contributed by atoms with E-state index in [0.29, 0.717) is 16.6 Å². The molecule has 31 heavy (non-hydrogen) atoms. The van der Waals surface area contributed by atoms with Crippen molar-refractivity contribution >= 4 is 11.6 Å². The van der Waals surface area contributed by atoms with Crippen LogP contribution in [0.4, 0.5) is 13.2 Å². The van der Waals surface area contributed by atoms with E-state index in [9.17, 15) is 18.0 Å². The molecule has 0 saturated carbocycles. The third-order valence-corrected chi connectivity index (χ3v) is 4.89. The minimum absolute atomic E-state index is 0.0399. The highest BCUT2D eigenvalue weighted by Crippen LogP contribution is 2.32. The average molecular weight is 424 g/mol. The molecule has 1 amide bonds. The van der Waals surface area contributed by atoms with Crippen LogP contribution in [-0.2, 0) is 12.7 Å². The quantitative estimate of drug-likeness (QED) is 0.464. The number of fused-ring (bicyclic) bond motifs is 1. The number of hydrogen-bond donors (Lipinski definition) is 0. The number of hydrogen-bond acceptors (Lipinski definition) is 3. The van der Waals surface area contributed by atoms with Crippen molar-refractivity contribution in [1.29, 1.82) is 0 Å². The number of aryl methyl sites for hydroxylation is 1. The van der Waals surface area contributed by atoms with Gasteiger partial charge < -0.3 is 4.90 Å². The number of rotatable bonds is 4. The van der Waals surface area contributed by atoms with Gasteiger partial charge in [-0.05, 0) is 18.6 Å². The molecule has 8 heteroatoms. The molecule has 2 heterocycles. The van der Waals surface area contributed by atoms with E-state index in [1.165, 1.54) is 11.0 Å². The highest BCUT2D eigenvalue weighted by molar-refractivity contribution is 5.93. The summed E-state index contributed by atoms with van der Waals surface area (Å²) in [7, 11) is 1.58. The zero-order valence-corrected chi connectivity index (χ0v) is 16.9. The second kappa shape index (κ2) is 7.86. The molecule has 0 spiro atoms. The number of alkyl halides is 3. The summed E-state index contributed by atoms with van der Waals surface area (Å²) >= 11 is 0. The Balaban J connectivity index is 1.75. The molecule has 0 fully saturated rings. The SMILES string of the molecule is Cc1ccc(-c2cc(C(F)(F)F)n3nc(C(=O)N(C)Cc4ccccc4)cc3n2)cc1. The second-order valence-electron chi connectivity index (χ2n) is 7.34. The molecule has 0 unspecified atom stereocenters. The summed E-state index contributed by atoms with van der Waals surface area (Å²) in [6.45, 7) is 2.20. The number of amides is 1. The molecule has 0 aliphatic carbocycles. The van der Waals surface area contributed by atoms with Gasteiger partial charge in [0.15, 0.2) is 17.0 Å². The van der Waals surface area contributed by atoms with Crippen molar-refractivity contribution < 1.29 is 18.0 Å². The first-order valence-corrected chi connectivity index (χ1v) is 9.57. The summed E-state index contributed by atoms with van der Waals surface area (Å²) in [5.41, 5.74) is 1.47. The maximum atomic E-state index is 13.8. The highest BCUT2D eigenvalue weighted by Gasteiger charge is 2.35. The van der Waals surface area contributed by atoms with E-state index in [1.807, 2.05) is 37.3 Å². The van der Waals surface area contributed by atoms with Gasteiger partial charge in [-0.3, -0.25) is 4.79 Å². The predicted octanol–water partition coefficient (Wildman–Crippen LogP) is 5.00. The first kappa shape index (κ1) is 20.6. The Labute approximate surface area is 176 Å². The van der Waals surface area contributed by atoms with Crippen molar-refractivity contribution in [3.05, 3.63) is 89.2 Å². The Bertz CT molecular complexity index is 1230. The van der Waals surface area contributed by atoms with E-state index >= 15 is 0 Å². The summed E-state index contributed by atoms with van der Waals surface area (Å²) in [5.74, 6) is -0.487. The zero-order valence-electron chi connectivity index (χ0n) is 16.9. The highest BCUT2D eigenvalue weighted by atomic mass is 19.4. The van der Waals surface area contributed by atoms with Crippen molar-refractivity contribution in [3.8, 4) is 11.3 Å². The lowest BCUT2D eigenvalue weighted by Gasteiger charge is -2.15. The molecule has 4 rings (SSSR count). The molecule has 0 atom stereocenters. The molecule has 0 radical (unpaired) electrons. The second-order valence-corrected chi connectivity index (χ2v) is 7.34. The smallest absolute Gasteiger partial charge is 0.336 e. The van der Waals surface area contributed by atoms with Gasteiger partial charge >= 0.3 is 6.18 Å². The van der Waals surface area contributed by atoms with Crippen molar-refractivity contribution in [2.75, 3.05) is 7.05 Å². The van der Waals surface area contributed by atoms with Gasteiger partial charge in [-0.2, -0.15) is 18.3 Å². The minimum atomic E-state index is -4.66. The fraction of sp³-hybridized carbons (Fsp3) is 0.174. The lowest BCUT2D eigenvalue weighted by atomic mass is 10.1. The first-order valence-electron chi connectivity index (χ1n) is 9.57. The molecule has 2 aromatic heterocycles. The van der Waals surface area contributed by atoms with Gasteiger partial charge in [-0.15, -0.1) is 0 Å². The van der Waals surface area contributed by atoms with Crippen molar-refractivity contribution in [2.45, 2.75) is 19.6 Å². The molecular weight excluding hydrogens is 405 g/mol. The molecule has 0 N–H and O–H groups in total. The van der Waals surface area contributed by atoms with E-state index < -0.39 is 17.8 Å². The number of carbonyl (C=O) groups is 1. The predicted molar refractivity (Wildman–Crippen MR) is 110 cm³/mol.